The zero-order chi connectivity index (χ0) is 19.3. The van der Waals surface area contributed by atoms with Gasteiger partial charge in [0.25, 0.3) is 0 Å². The van der Waals surface area contributed by atoms with Gasteiger partial charge in [0.05, 0.1) is 11.4 Å². The topological polar surface area (TPSA) is 133 Å². The third-order valence-corrected chi connectivity index (χ3v) is 5.87. The molecule has 1 fully saturated rings. The Kier molecular flexibility index (Phi) is 7.18. The maximum atomic E-state index is 12.1. The molecule has 0 unspecified atom stereocenters. The van der Waals surface area contributed by atoms with Crippen molar-refractivity contribution in [1.82, 2.24) is 5.32 Å². The fraction of sp³-hybridized carbons (Fsp3) is 0.400. The van der Waals surface area contributed by atoms with Crippen molar-refractivity contribution < 1.29 is 27.5 Å². The lowest BCUT2D eigenvalue weighted by molar-refractivity contribution is -0.160. The van der Waals surface area contributed by atoms with Crippen LogP contribution in [0.1, 0.15) is 29.6 Å². The van der Waals surface area contributed by atoms with Crippen molar-refractivity contribution in [2.24, 2.45) is 5.14 Å². The summed E-state index contributed by atoms with van der Waals surface area (Å²) in [5.41, 5.74) is 0.0861. The summed E-state index contributed by atoms with van der Waals surface area (Å²) in [4.78, 5) is 35.1. The normalized spacial score (nSPS) is 17.1. The molecule has 0 radical (unpaired) electrons. The Morgan fingerprint density at radius 1 is 1.35 bits per heavy atom. The second-order valence-corrected chi connectivity index (χ2v) is 8.52. The Hall–Kier alpha value is -1.46. The molecular formula is C15H17ClN2O6S2. The molecule has 0 spiro atoms. The molecule has 1 heterocycles. The highest BCUT2D eigenvalue weighted by molar-refractivity contribution is 8.14. The quantitative estimate of drug-likeness (QED) is 0.515. The highest BCUT2D eigenvalue weighted by Gasteiger charge is 2.25. The molecule has 0 aliphatic carbocycles. The van der Waals surface area contributed by atoms with E-state index in [-0.39, 0.29) is 27.7 Å². The first-order valence-electron chi connectivity index (χ1n) is 7.66. The fourth-order valence-electron chi connectivity index (χ4n) is 2.28. The van der Waals surface area contributed by atoms with Crippen LogP contribution in [0, 0.1) is 0 Å². The minimum Gasteiger partial charge on any atom is -0.392 e. The van der Waals surface area contributed by atoms with Crippen molar-refractivity contribution in [2.45, 2.75) is 30.2 Å². The standard InChI is InChI=1S/C15H17ClN2O6S2/c16-10-4-3-9(8-12(10)26(17,22)23)15(21)25-7-5-13(19)24-14(20)11-2-1-6-18-11/h3-4,8,11,18H,1-2,5-7H2,(H2,17,22,23)/t11-/m0/s1. The minimum absolute atomic E-state index is 0.0797. The van der Waals surface area contributed by atoms with Crippen molar-refractivity contribution in [3.63, 3.8) is 0 Å². The number of halogens is 1. The molecule has 1 aliphatic rings. The summed E-state index contributed by atoms with van der Waals surface area (Å²) in [5, 5.41) is 7.42. The van der Waals surface area contributed by atoms with E-state index >= 15 is 0 Å². The molecule has 2 rings (SSSR count). The van der Waals surface area contributed by atoms with Crippen molar-refractivity contribution >= 4 is 50.4 Å². The third kappa shape index (κ3) is 5.78. The molecule has 11 heteroatoms. The molecule has 8 nitrogen and oxygen atoms in total. The molecule has 0 saturated carbocycles. The van der Waals surface area contributed by atoms with Crippen LogP contribution in [0.2, 0.25) is 5.02 Å². The van der Waals surface area contributed by atoms with Gasteiger partial charge in [-0.1, -0.05) is 23.4 Å². The average Bonchev–Trinajstić information content (AvgIpc) is 3.08. The second kappa shape index (κ2) is 8.96. The second-order valence-electron chi connectivity index (χ2n) is 5.52. The Bertz CT molecular complexity index is 821. The number of nitrogens with one attached hydrogen (secondary N) is 1. The summed E-state index contributed by atoms with van der Waals surface area (Å²) < 4.78 is 27.6. The monoisotopic (exact) mass is 420 g/mol. The Labute approximate surface area is 159 Å². The van der Waals surface area contributed by atoms with Crippen LogP contribution in [0.15, 0.2) is 23.1 Å². The van der Waals surface area contributed by atoms with Crippen LogP contribution in [-0.2, 0) is 24.3 Å². The van der Waals surface area contributed by atoms with Crippen LogP contribution in [0.4, 0.5) is 0 Å². The Balaban J connectivity index is 1.85. The number of nitrogens with two attached hydrogens (primary N) is 1. The zero-order valence-electron chi connectivity index (χ0n) is 13.6. The number of thioether (sulfide) groups is 1. The molecule has 3 N–H and O–H groups in total. The number of hydrogen-bond acceptors (Lipinski definition) is 8. The minimum atomic E-state index is -4.06. The summed E-state index contributed by atoms with van der Waals surface area (Å²) in [6.07, 6.45) is 1.34. The highest BCUT2D eigenvalue weighted by Crippen LogP contribution is 2.24. The number of esters is 2. The van der Waals surface area contributed by atoms with Crippen molar-refractivity contribution in [3.05, 3.63) is 28.8 Å². The summed E-state index contributed by atoms with van der Waals surface area (Å²) >= 11 is 6.56. The summed E-state index contributed by atoms with van der Waals surface area (Å²) in [6.45, 7) is 0.708. The van der Waals surface area contributed by atoms with E-state index in [2.05, 4.69) is 5.32 Å². The first-order chi connectivity index (χ1) is 12.2. The fourth-order valence-corrected chi connectivity index (χ4v) is 4.10. The summed E-state index contributed by atoms with van der Waals surface area (Å²) in [7, 11) is -4.06. The van der Waals surface area contributed by atoms with Crippen LogP contribution in [0.25, 0.3) is 0 Å². The van der Waals surface area contributed by atoms with E-state index in [1.807, 2.05) is 0 Å². The van der Waals surface area contributed by atoms with Gasteiger partial charge < -0.3 is 10.1 Å². The van der Waals surface area contributed by atoms with Gasteiger partial charge in [-0.3, -0.25) is 9.59 Å². The molecule has 1 saturated heterocycles. The largest absolute Gasteiger partial charge is 0.392 e. The number of ether oxygens (including phenoxy) is 1. The van der Waals surface area contributed by atoms with E-state index in [0.29, 0.717) is 13.0 Å². The molecular weight excluding hydrogens is 404 g/mol. The number of carbonyl (C=O) groups excluding carboxylic acids is 3. The Morgan fingerprint density at radius 2 is 2.08 bits per heavy atom. The van der Waals surface area contributed by atoms with E-state index in [1.165, 1.54) is 12.1 Å². The smallest absolute Gasteiger partial charge is 0.330 e. The first-order valence-corrected chi connectivity index (χ1v) is 10.6. The lowest BCUT2D eigenvalue weighted by Crippen LogP contribution is -2.33. The van der Waals surface area contributed by atoms with E-state index in [4.69, 9.17) is 21.5 Å². The molecule has 1 aromatic rings. The van der Waals surface area contributed by atoms with Crippen LogP contribution in [0.3, 0.4) is 0 Å². The maximum absolute atomic E-state index is 12.1. The van der Waals surface area contributed by atoms with Crippen molar-refractivity contribution in [2.75, 3.05) is 12.3 Å². The highest BCUT2D eigenvalue weighted by atomic mass is 35.5. The number of carbonyl (C=O) groups is 3. The third-order valence-electron chi connectivity index (χ3n) is 3.57. The van der Waals surface area contributed by atoms with Gasteiger partial charge in [0, 0.05) is 11.3 Å². The molecule has 0 aromatic heterocycles. The molecule has 142 valence electrons. The van der Waals surface area contributed by atoms with Gasteiger partial charge in [0.2, 0.25) is 15.1 Å². The van der Waals surface area contributed by atoms with Gasteiger partial charge in [-0.2, -0.15) is 0 Å². The summed E-state index contributed by atoms with van der Waals surface area (Å²) in [6, 6.07) is 3.25. The van der Waals surface area contributed by atoms with Gasteiger partial charge in [0.1, 0.15) is 10.9 Å². The number of benzene rings is 1. The van der Waals surface area contributed by atoms with Crippen molar-refractivity contribution in [3.8, 4) is 0 Å². The Morgan fingerprint density at radius 3 is 2.69 bits per heavy atom. The average molecular weight is 421 g/mol. The predicted molar refractivity (Wildman–Crippen MR) is 96.4 cm³/mol. The number of rotatable bonds is 6. The molecule has 0 bridgehead atoms. The van der Waals surface area contributed by atoms with Crippen LogP contribution in [0.5, 0.6) is 0 Å². The molecule has 1 atom stereocenters. The lowest BCUT2D eigenvalue weighted by Gasteiger charge is -2.08. The van der Waals surface area contributed by atoms with Crippen molar-refractivity contribution in [1.29, 1.82) is 0 Å². The first kappa shape index (κ1) is 20.8. The number of sulfonamides is 1. The zero-order valence-corrected chi connectivity index (χ0v) is 16.0. The SMILES string of the molecule is NS(=O)(=O)c1cc(C(=O)SCCC(=O)OC(=O)[C@@H]2CCCN2)ccc1Cl. The molecule has 1 aliphatic heterocycles. The lowest BCUT2D eigenvalue weighted by atomic mass is 10.2. The van der Waals surface area contributed by atoms with Crippen LogP contribution in [-0.4, -0.2) is 43.8 Å². The maximum Gasteiger partial charge on any atom is 0.330 e. The predicted octanol–water partition coefficient (Wildman–Crippen LogP) is 1.07. The van der Waals surface area contributed by atoms with E-state index in [9.17, 15) is 22.8 Å². The van der Waals surface area contributed by atoms with Gasteiger partial charge in [-0.15, -0.1) is 0 Å². The van der Waals surface area contributed by atoms with E-state index < -0.39 is 33.1 Å². The molecule has 0 amide bonds. The summed E-state index contributed by atoms with van der Waals surface area (Å²) in [5.74, 6) is -1.25. The van der Waals surface area contributed by atoms with E-state index in [1.54, 1.807) is 0 Å². The van der Waals surface area contributed by atoms with Gasteiger partial charge in [0.15, 0.2) is 0 Å². The van der Waals surface area contributed by atoms with Gasteiger partial charge in [-0.25, -0.2) is 18.4 Å². The van der Waals surface area contributed by atoms with Gasteiger partial charge in [-0.05, 0) is 37.6 Å². The van der Waals surface area contributed by atoms with Crippen LogP contribution < -0.4 is 10.5 Å². The molecule has 1 aromatic carbocycles. The number of hydrogen-bond donors (Lipinski definition) is 2. The number of primary sulfonamides is 1. The molecule has 26 heavy (non-hydrogen) atoms. The van der Waals surface area contributed by atoms with E-state index in [0.717, 1.165) is 24.2 Å². The van der Waals surface area contributed by atoms with Crippen LogP contribution >= 0.6 is 23.4 Å². The van der Waals surface area contributed by atoms with Gasteiger partial charge >= 0.3 is 11.9 Å².